The smallest absolute Gasteiger partial charge is 0.206 e. The molecule has 2 aliphatic rings. The zero-order chi connectivity index (χ0) is 25.8. The third kappa shape index (κ3) is 3.33. The highest BCUT2D eigenvalue weighted by molar-refractivity contribution is 6.13. The zero-order valence-electron chi connectivity index (χ0n) is 20.1. The van der Waals surface area contributed by atoms with Gasteiger partial charge in [0.15, 0.2) is 17.3 Å². The summed E-state index contributed by atoms with van der Waals surface area (Å²) in [5.74, 6) is 0.852. The highest BCUT2D eigenvalue weighted by Crippen LogP contribution is 2.43. The van der Waals surface area contributed by atoms with Crippen LogP contribution in [0.25, 0.3) is 33.2 Å². The Balaban J connectivity index is 1.66. The van der Waals surface area contributed by atoms with Crippen molar-refractivity contribution in [3.63, 3.8) is 0 Å². The van der Waals surface area contributed by atoms with Gasteiger partial charge in [-0.2, -0.15) is 0 Å². The number of methoxy groups -OCH3 is 2. The van der Waals surface area contributed by atoms with Gasteiger partial charge in [0.1, 0.15) is 34.9 Å². The number of hydrogen-bond donors (Lipinski definition) is 2. The third-order valence-electron chi connectivity index (χ3n) is 6.50. The molecule has 186 valence electrons. The Labute approximate surface area is 209 Å². The fourth-order valence-corrected chi connectivity index (χ4v) is 4.89. The number of aryl methyl sites for hydroxylation is 1. The predicted octanol–water partition coefficient (Wildman–Crippen LogP) is 4.13. The predicted molar refractivity (Wildman–Crippen MR) is 138 cm³/mol. The number of halogens is 1. The fraction of sp³-hybridized carbons (Fsp3) is 0.148. The van der Waals surface area contributed by atoms with Crippen LogP contribution in [0, 0.1) is 12.7 Å². The van der Waals surface area contributed by atoms with Gasteiger partial charge in [0, 0.05) is 5.57 Å². The fourth-order valence-electron chi connectivity index (χ4n) is 4.89. The standard InChI is InChI=1S/C27H21FN4O5/c1-12-18(21(33)20-22(34-2)15-8-9-36-23(15)25(35-3)24(20)37-12)17-10-16(13-4-6-14(28)7-5-13)19-26(29)30-11-31-27(19)32-17/h4-11,27,32H,1-3H3,(H2,29,30,31). The number of fused-ring (bicyclic) bond motifs is 3. The molecule has 2 aliphatic heterocycles. The molecule has 3 N–H and O–H groups in total. The van der Waals surface area contributed by atoms with Gasteiger partial charge in [-0.1, -0.05) is 12.1 Å². The Morgan fingerprint density at radius 2 is 1.84 bits per heavy atom. The molecule has 0 saturated heterocycles. The van der Waals surface area contributed by atoms with Gasteiger partial charge >= 0.3 is 0 Å². The van der Waals surface area contributed by atoms with Gasteiger partial charge in [-0.05, 0) is 42.3 Å². The summed E-state index contributed by atoms with van der Waals surface area (Å²) in [5.41, 5.74) is 9.23. The molecule has 2 aromatic heterocycles. The van der Waals surface area contributed by atoms with Crippen LogP contribution in [0.15, 0.2) is 71.9 Å². The van der Waals surface area contributed by atoms with E-state index in [1.165, 1.54) is 39.0 Å². The van der Waals surface area contributed by atoms with E-state index in [-0.39, 0.29) is 33.6 Å². The normalized spacial score (nSPS) is 16.9. The van der Waals surface area contributed by atoms with Crippen LogP contribution in [-0.4, -0.2) is 32.6 Å². The number of rotatable bonds is 4. The van der Waals surface area contributed by atoms with Gasteiger partial charge in [-0.3, -0.25) is 4.79 Å². The highest BCUT2D eigenvalue weighted by Gasteiger charge is 2.32. The lowest BCUT2D eigenvalue weighted by molar-refractivity contribution is 0.398. The van der Waals surface area contributed by atoms with Gasteiger partial charge in [0.05, 0.1) is 37.1 Å². The van der Waals surface area contributed by atoms with Crippen LogP contribution < -0.4 is 26.0 Å². The summed E-state index contributed by atoms with van der Waals surface area (Å²) >= 11 is 0. The molecule has 0 bridgehead atoms. The van der Waals surface area contributed by atoms with Gasteiger partial charge in [0.25, 0.3) is 0 Å². The van der Waals surface area contributed by atoms with E-state index in [4.69, 9.17) is 24.0 Å². The molecule has 0 amide bonds. The summed E-state index contributed by atoms with van der Waals surface area (Å²) in [7, 11) is 2.96. The molecule has 4 heterocycles. The first-order chi connectivity index (χ1) is 17.9. The van der Waals surface area contributed by atoms with Crippen molar-refractivity contribution < 1.29 is 22.7 Å². The van der Waals surface area contributed by atoms with Crippen molar-refractivity contribution in [2.45, 2.75) is 13.1 Å². The Hall–Kier alpha value is -4.86. The Morgan fingerprint density at radius 3 is 2.57 bits per heavy atom. The largest absolute Gasteiger partial charge is 0.495 e. The molecule has 1 atom stereocenters. The lowest BCUT2D eigenvalue weighted by atomic mass is 9.91. The Morgan fingerprint density at radius 1 is 1.08 bits per heavy atom. The van der Waals surface area contributed by atoms with Crippen molar-refractivity contribution >= 4 is 45.4 Å². The minimum atomic E-state index is -0.611. The second kappa shape index (κ2) is 8.37. The molecule has 4 aromatic rings. The maximum absolute atomic E-state index is 14.1. The first-order valence-corrected chi connectivity index (χ1v) is 11.4. The van der Waals surface area contributed by atoms with E-state index in [1.54, 1.807) is 31.2 Å². The van der Waals surface area contributed by atoms with Crippen molar-refractivity contribution in [1.29, 1.82) is 0 Å². The van der Waals surface area contributed by atoms with Crippen LogP contribution in [0.5, 0.6) is 11.5 Å². The van der Waals surface area contributed by atoms with Crippen LogP contribution in [0.2, 0.25) is 0 Å². The molecule has 0 aliphatic carbocycles. The SMILES string of the molecule is COc1c2occc2c(OC)c2c(=O)c(C3=CC(c4ccc(F)cc4)=C4C(N)=NC=NC4N3)c(C)oc12. The molecule has 9 nitrogen and oxygen atoms in total. The molecule has 0 fully saturated rings. The Bertz CT molecular complexity index is 1780. The summed E-state index contributed by atoms with van der Waals surface area (Å²) < 4.78 is 36.7. The number of aliphatic imine (C=N–C) groups is 2. The topological polar surface area (TPSA) is 125 Å². The van der Waals surface area contributed by atoms with Gasteiger partial charge in [-0.15, -0.1) is 0 Å². The number of hydrogen-bond acceptors (Lipinski definition) is 9. The number of allylic oxidation sites excluding steroid dienone is 2. The number of nitrogens with two attached hydrogens (primary N) is 1. The summed E-state index contributed by atoms with van der Waals surface area (Å²) in [6.45, 7) is 1.69. The molecular formula is C27H21FN4O5. The van der Waals surface area contributed by atoms with E-state index in [9.17, 15) is 9.18 Å². The van der Waals surface area contributed by atoms with Crippen molar-refractivity contribution in [1.82, 2.24) is 5.32 Å². The number of furan rings is 1. The first-order valence-electron chi connectivity index (χ1n) is 11.4. The second-order valence-electron chi connectivity index (χ2n) is 8.51. The highest BCUT2D eigenvalue weighted by atomic mass is 19.1. The molecule has 0 saturated carbocycles. The maximum Gasteiger partial charge on any atom is 0.206 e. The minimum Gasteiger partial charge on any atom is -0.495 e. The van der Waals surface area contributed by atoms with E-state index < -0.39 is 6.17 Å². The van der Waals surface area contributed by atoms with Crippen molar-refractivity contribution in [3.05, 3.63) is 81.2 Å². The van der Waals surface area contributed by atoms with Crippen molar-refractivity contribution in [2.75, 3.05) is 14.2 Å². The van der Waals surface area contributed by atoms with Gasteiger partial charge in [-0.25, -0.2) is 14.4 Å². The zero-order valence-corrected chi connectivity index (χ0v) is 20.1. The summed E-state index contributed by atoms with van der Waals surface area (Å²) in [5, 5.41) is 4.07. The van der Waals surface area contributed by atoms with Crippen LogP contribution in [0.4, 0.5) is 4.39 Å². The maximum atomic E-state index is 14.1. The van der Waals surface area contributed by atoms with E-state index in [0.717, 1.165) is 0 Å². The molecule has 2 aromatic carbocycles. The van der Waals surface area contributed by atoms with Gasteiger partial charge in [0.2, 0.25) is 11.2 Å². The lowest BCUT2D eigenvalue weighted by Gasteiger charge is -2.29. The first kappa shape index (κ1) is 22.6. The quantitative estimate of drug-likeness (QED) is 0.432. The molecule has 6 rings (SSSR count). The number of nitrogens with zero attached hydrogens (tertiary/aromatic N) is 2. The summed E-state index contributed by atoms with van der Waals surface area (Å²) in [6, 6.07) is 7.69. The van der Waals surface area contributed by atoms with Crippen molar-refractivity contribution in [3.8, 4) is 11.5 Å². The van der Waals surface area contributed by atoms with E-state index >= 15 is 0 Å². The number of ether oxygens (including phenoxy) is 2. The monoisotopic (exact) mass is 500 g/mol. The number of amidine groups is 1. The second-order valence-corrected chi connectivity index (χ2v) is 8.51. The minimum absolute atomic E-state index is 0.211. The van der Waals surface area contributed by atoms with E-state index in [2.05, 4.69) is 15.3 Å². The lowest BCUT2D eigenvalue weighted by Crippen LogP contribution is -2.40. The van der Waals surface area contributed by atoms with Crippen molar-refractivity contribution in [2.24, 2.45) is 15.7 Å². The Kier molecular flexibility index (Phi) is 5.11. The molecule has 37 heavy (non-hydrogen) atoms. The molecule has 10 heteroatoms. The average molecular weight is 500 g/mol. The van der Waals surface area contributed by atoms with Crippen LogP contribution in [0.1, 0.15) is 16.9 Å². The molecule has 1 unspecified atom stereocenters. The molecule has 0 spiro atoms. The molecule has 0 radical (unpaired) electrons. The number of nitrogens with one attached hydrogen (secondary N) is 1. The average Bonchev–Trinajstić information content (AvgIpc) is 3.37. The third-order valence-corrected chi connectivity index (χ3v) is 6.50. The van der Waals surface area contributed by atoms with Gasteiger partial charge < -0.3 is 29.4 Å². The van der Waals surface area contributed by atoms with Crippen LogP contribution in [-0.2, 0) is 0 Å². The number of benzene rings is 2. The van der Waals surface area contributed by atoms with E-state index in [1.807, 2.05) is 0 Å². The summed E-state index contributed by atoms with van der Waals surface area (Å²) in [4.78, 5) is 22.7. The van der Waals surface area contributed by atoms with Crippen LogP contribution in [0.3, 0.4) is 0 Å². The molecular weight excluding hydrogens is 479 g/mol. The number of dihydropyridines is 1. The van der Waals surface area contributed by atoms with E-state index in [0.29, 0.717) is 50.6 Å². The summed E-state index contributed by atoms with van der Waals surface area (Å²) in [6.07, 6.45) is 4.01. The van der Waals surface area contributed by atoms with Crippen LogP contribution >= 0.6 is 0 Å².